The first kappa shape index (κ1) is 21.9. The second-order valence-corrected chi connectivity index (χ2v) is 10.5. The Balaban J connectivity index is 2.09. The third-order valence-electron chi connectivity index (χ3n) is 5.13. The van der Waals surface area contributed by atoms with Gasteiger partial charge < -0.3 is 0 Å². The predicted octanol–water partition coefficient (Wildman–Crippen LogP) is 4.40. The molecule has 0 aliphatic rings. The zero-order chi connectivity index (χ0) is 22.3. The summed E-state index contributed by atoms with van der Waals surface area (Å²) in [5.41, 5.74) is 1.93. The summed E-state index contributed by atoms with van der Waals surface area (Å²) in [5, 5.41) is 0. The molecule has 0 atom stereocenters. The molecule has 1 heterocycles. The van der Waals surface area contributed by atoms with Gasteiger partial charge in [-0.25, -0.2) is 13.1 Å². The maximum absolute atomic E-state index is 13.2. The summed E-state index contributed by atoms with van der Waals surface area (Å²) >= 11 is 0. The molecule has 0 amide bonds. The van der Waals surface area contributed by atoms with Crippen LogP contribution < -0.4 is 10.3 Å². The molecule has 7 heteroatoms. The van der Waals surface area contributed by atoms with Crippen molar-refractivity contribution in [2.45, 2.75) is 50.8 Å². The van der Waals surface area contributed by atoms with Crippen molar-refractivity contribution in [2.24, 2.45) is 7.05 Å². The highest BCUT2D eigenvalue weighted by Gasteiger charge is 2.26. The Labute approximate surface area is 178 Å². The Morgan fingerprint density at radius 2 is 1.50 bits per heavy atom. The van der Waals surface area contributed by atoms with Crippen LogP contribution in [0, 0.1) is 0 Å². The van der Waals surface area contributed by atoms with Gasteiger partial charge in [0.25, 0.3) is 15.6 Å². The summed E-state index contributed by atoms with van der Waals surface area (Å²) in [5.74, 6) is -0.0615. The quantitative estimate of drug-likeness (QED) is 0.656. The number of nitrogens with zero attached hydrogens (tertiary/aromatic N) is 2. The number of para-hydroxylation sites is 1. The third kappa shape index (κ3) is 4.07. The second kappa shape index (κ2) is 7.80. The average molecular weight is 428 g/mol. The standard InChI is InChI=1S/C23H29N3O3S/c1-16(2)21-20(22(27)26(25(21)6)18-10-8-7-9-11-18)24-30(28,29)19-14-12-17(13-15-19)23(3,4)5/h7-16,24H,1-6H3. The SMILES string of the molecule is CC(C)c1c(NS(=O)(=O)c2ccc(C(C)(C)C)cc2)c(=O)n(-c2ccccc2)n1C. The van der Waals surface area contributed by atoms with Crippen LogP contribution in [0.2, 0.25) is 0 Å². The second-order valence-electron chi connectivity index (χ2n) is 8.77. The number of anilines is 1. The number of sulfonamides is 1. The van der Waals surface area contributed by atoms with E-state index in [9.17, 15) is 13.2 Å². The average Bonchev–Trinajstić information content (AvgIpc) is 2.91. The molecule has 0 spiro atoms. The first-order valence-electron chi connectivity index (χ1n) is 9.94. The number of hydrogen-bond acceptors (Lipinski definition) is 3. The molecule has 0 radical (unpaired) electrons. The van der Waals surface area contributed by atoms with Crippen LogP contribution in [0.5, 0.6) is 0 Å². The number of hydrogen-bond donors (Lipinski definition) is 1. The molecule has 0 saturated carbocycles. The molecule has 0 bridgehead atoms. The largest absolute Gasteiger partial charge is 0.296 e. The van der Waals surface area contributed by atoms with Gasteiger partial charge in [0.05, 0.1) is 16.3 Å². The summed E-state index contributed by atoms with van der Waals surface area (Å²) < 4.78 is 31.9. The van der Waals surface area contributed by atoms with Gasteiger partial charge in [-0.15, -0.1) is 0 Å². The van der Waals surface area contributed by atoms with Crippen LogP contribution >= 0.6 is 0 Å². The van der Waals surface area contributed by atoms with Crippen molar-refractivity contribution >= 4 is 15.7 Å². The van der Waals surface area contributed by atoms with Gasteiger partial charge in [-0.1, -0.05) is 65.0 Å². The van der Waals surface area contributed by atoms with Crippen molar-refractivity contribution in [1.82, 2.24) is 9.36 Å². The number of aromatic nitrogens is 2. The first-order valence-corrected chi connectivity index (χ1v) is 11.4. The van der Waals surface area contributed by atoms with E-state index in [1.807, 2.05) is 56.3 Å². The van der Waals surface area contributed by atoms with Crippen molar-refractivity contribution in [3.8, 4) is 5.69 Å². The highest BCUT2D eigenvalue weighted by Crippen LogP contribution is 2.27. The Kier molecular flexibility index (Phi) is 5.69. The summed E-state index contributed by atoms with van der Waals surface area (Å²) in [6.07, 6.45) is 0. The number of nitrogens with one attached hydrogen (secondary N) is 1. The van der Waals surface area contributed by atoms with Gasteiger partial charge in [-0.3, -0.25) is 14.2 Å². The van der Waals surface area contributed by atoms with Crippen LogP contribution in [-0.4, -0.2) is 17.8 Å². The molecule has 0 fully saturated rings. The van der Waals surface area contributed by atoms with E-state index in [1.165, 1.54) is 4.68 Å². The van der Waals surface area contributed by atoms with Crippen LogP contribution in [0.25, 0.3) is 5.69 Å². The molecule has 3 rings (SSSR count). The van der Waals surface area contributed by atoms with E-state index < -0.39 is 15.6 Å². The van der Waals surface area contributed by atoms with Crippen molar-refractivity contribution in [2.75, 3.05) is 4.72 Å². The number of benzene rings is 2. The lowest BCUT2D eigenvalue weighted by molar-refractivity contribution is 0.587. The number of rotatable bonds is 5. The van der Waals surface area contributed by atoms with Gasteiger partial charge >= 0.3 is 0 Å². The Morgan fingerprint density at radius 1 is 0.933 bits per heavy atom. The summed E-state index contributed by atoms with van der Waals surface area (Å²) in [7, 11) is -2.15. The molecule has 6 nitrogen and oxygen atoms in total. The molecular weight excluding hydrogens is 398 g/mol. The molecular formula is C23H29N3O3S. The lowest BCUT2D eigenvalue weighted by Crippen LogP contribution is -2.23. The Morgan fingerprint density at radius 3 is 2.00 bits per heavy atom. The van der Waals surface area contributed by atoms with Crippen molar-refractivity contribution in [3.63, 3.8) is 0 Å². The minimum atomic E-state index is -3.92. The molecule has 160 valence electrons. The molecule has 0 aliphatic carbocycles. The maximum atomic E-state index is 13.2. The van der Waals surface area contributed by atoms with Crippen molar-refractivity contribution < 1.29 is 8.42 Å². The summed E-state index contributed by atoms with van der Waals surface area (Å²) in [6, 6.07) is 16.0. The molecule has 1 aromatic heterocycles. The normalized spacial score (nSPS) is 12.4. The Hall–Kier alpha value is -2.80. The third-order valence-corrected chi connectivity index (χ3v) is 6.49. The highest BCUT2D eigenvalue weighted by molar-refractivity contribution is 7.92. The van der Waals surface area contributed by atoms with Crippen LogP contribution in [0.4, 0.5) is 5.69 Å². The van der Waals surface area contributed by atoms with E-state index in [4.69, 9.17) is 0 Å². The van der Waals surface area contributed by atoms with Crippen LogP contribution in [0.3, 0.4) is 0 Å². The topological polar surface area (TPSA) is 73.1 Å². The van der Waals surface area contributed by atoms with Crippen LogP contribution in [-0.2, 0) is 22.5 Å². The van der Waals surface area contributed by atoms with Gasteiger partial charge in [-0.2, -0.15) is 0 Å². The van der Waals surface area contributed by atoms with E-state index in [0.29, 0.717) is 11.4 Å². The van der Waals surface area contributed by atoms with E-state index in [0.717, 1.165) is 5.56 Å². The zero-order valence-corrected chi connectivity index (χ0v) is 19.1. The van der Waals surface area contributed by atoms with E-state index in [2.05, 4.69) is 25.5 Å². The Bertz CT molecular complexity index is 1200. The van der Waals surface area contributed by atoms with Crippen molar-refractivity contribution in [3.05, 3.63) is 76.2 Å². The molecule has 3 aromatic rings. The summed E-state index contributed by atoms with van der Waals surface area (Å²) in [6.45, 7) is 10.1. The maximum Gasteiger partial charge on any atom is 0.296 e. The molecule has 2 aromatic carbocycles. The smallest absolute Gasteiger partial charge is 0.283 e. The lowest BCUT2D eigenvalue weighted by Gasteiger charge is -2.19. The highest BCUT2D eigenvalue weighted by atomic mass is 32.2. The van der Waals surface area contributed by atoms with Gasteiger partial charge in [0.2, 0.25) is 0 Å². The van der Waals surface area contributed by atoms with Gasteiger partial charge in [0, 0.05) is 7.05 Å². The predicted molar refractivity (Wildman–Crippen MR) is 121 cm³/mol. The van der Waals surface area contributed by atoms with E-state index in [1.54, 1.807) is 23.9 Å². The molecule has 30 heavy (non-hydrogen) atoms. The van der Waals surface area contributed by atoms with Gasteiger partial charge in [0.15, 0.2) is 0 Å². The fraction of sp³-hybridized carbons (Fsp3) is 0.348. The molecule has 0 saturated heterocycles. The zero-order valence-electron chi connectivity index (χ0n) is 18.3. The van der Waals surface area contributed by atoms with E-state index in [-0.39, 0.29) is 21.9 Å². The molecule has 0 unspecified atom stereocenters. The fourth-order valence-corrected chi connectivity index (χ4v) is 4.64. The van der Waals surface area contributed by atoms with Crippen LogP contribution in [0.15, 0.2) is 64.3 Å². The fourth-order valence-electron chi connectivity index (χ4n) is 3.57. The minimum Gasteiger partial charge on any atom is -0.283 e. The lowest BCUT2D eigenvalue weighted by atomic mass is 9.87. The van der Waals surface area contributed by atoms with Crippen molar-refractivity contribution in [1.29, 1.82) is 0 Å². The molecule has 0 aliphatic heterocycles. The first-order chi connectivity index (χ1) is 13.9. The van der Waals surface area contributed by atoms with Gasteiger partial charge in [-0.05, 0) is 41.2 Å². The summed E-state index contributed by atoms with van der Waals surface area (Å²) in [4.78, 5) is 13.4. The monoisotopic (exact) mass is 427 g/mol. The molecule has 1 N–H and O–H groups in total. The van der Waals surface area contributed by atoms with Gasteiger partial charge in [0.1, 0.15) is 5.69 Å². The van der Waals surface area contributed by atoms with E-state index >= 15 is 0 Å². The van der Waals surface area contributed by atoms with Crippen LogP contribution in [0.1, 0.15) is 51.8 Å². The minimum absolute atomic E-state index is 0.0615.